The number of anilines is 2. The van der Waals surface area contributed by atoms with E-state index in [9.17, 15) is 4.79 Å². The van der Waals surface area contributed by atoms with E-state index < -0.39 is 0 Å². The molecule has 0 aromatic heterocycles. The lowest BCUT2D eigenvalue weighted by Gasteiger charge is -2.33. The zero-order chi connectivity index (χ0) is 18.4. The van der Waals surface area contributed by atoms with Crippen molar-refractivity contribution in [2.24, 2.45) is 0 Å². The Kier molecular flexibility index (Phi) is 5.72. The molecule has 1 heterocycles. The largest absolute Gasteiger partial charge is 0.497 e. The molecule has 0 saturated carbocycles. The predicted octanol–water partition coefficient (Wildman–Crippen LogP) is 0.910. The highest BCUT2D eigenvalue weighted by atomic mass is 16.5. The molecule has 0 bridgehead atoms. The molecule has 1 aliphatic heterocycles. The highest BCUT2D eigenvalue weighted by molar-refractivity contribution is 5.92. The lowest BCUT2D eigenvalue weighted by Crippen LogP contribution is -3.15. The summed E-state index contributed by atoms with van der Waals surface area (Å²) >= 11 is 0. The molecule has 6 nitrogen and oxygen atoms in total. The molecule has 6 heteroatoms. The maximum Gasteiger partial charge on any atom is 0.279 e. The Morgan fingerprint density at radius 1 is 1.19 bits per heavy atom. The number of ether oxygens (including phenoxy) is 1. The molecule has 1 saturated heterocycles. The van der Waals surface area contributed by atoms with Gasteiger partial charge in [-0.2, -0.15) is 5.26 Å². The van der Waals surface area contributed by atoms with Crippen LogP contribution >= 0.6 is 0 Å². The van der Waals surface area contributed by atoms with Gasteiger partial charge in [0.05, 0.1) is 44.5 Å². The first-order chi connectivity index (χ1) is 12.7. The number of quaternary nitrogens is 1. The number of carbonyl (C=O) groups excluding carboxylic acids is 1. The minimum Gasteiger partial charge on any atom is -0.497 e. The summed E-state index contributed by atoms with van der Waals surface area (Å²) in [6, 6.07) is 17.2. The standard InChI is InChI=1S/C20H22N4O2/c1-26-18-8-6-17(7-9-18)24-12-10-23(11-13-24)15-20(25)22-19-5-3-2-4-16(19)14-21/h2-9H,10-13,15H2,1H3,(H,22,25)/p+1. The van der Waals surface area contributed by atoms with Gasteiger partial charge in [-0.25, -0.2) is 0 Å². The van der Waals surface area contributed by atoms with Crippen molar-refractivity contribution < 1.29 is 14.4 Å². The second-order valence-electron chi connectivity index (χ2n) is 6.32. The van der Waals surface area contributed by atoms with Crippen LogP contribution in [0.5, 0.6) is 5.75 Å². The Morgan fingerprint density at radius 3 is 2.54 bits per heavy atom. The minimum atomic E-state index is -0.0550. The van der Waals surface area contributed by atoms with Gasteiger partial charge in [-0.3, -0.25) is 4.79 Å². The van der Waals surface area contributed by atoms with Gasteiger partial charge in [-0.15, -0.1) is 0 Å². The van der Waals surface area contributed by atoms with Crippen LogP contribution in [0.15, 0.2) is 48.5 Å². The van der Waals surface area contributed by atoms with Crippen molar-refractivity contribution in [3.8, 4) is 11.8 Å². The number of benzene rings is 2. The molecule has 134 valence electrons. The third kappa shape index (κ3) is 4.32. The number of nitrogens with one attached hydrogen (secondary N) is 2. The fraction of sp³-hybridized carbons (Fsp3) is 0.300. The lowest BCUT2D eigenvalue weighted by atomic mass is 10.2. The maximum absolute atomic E-state index is 12.3. The average molecular weight is 351 g/mol. The summed E-state index contributed by atoms with van der Waals surface area (Å²) in [6.45, 7) is 4.03. The summed E-state index contributed by atoms with van der Waals surface area (Å²) in [6.07, 6.45) is 0. The normalized spacial score (nSPS) is 14.5. The summed E-state index contributed by atoms with van der Waals surface area (Å²) in [5.41, 5.74) is 2.24. The fourth-order valence-corrected chi connectivity index (χ4v) is 3.16. The molecule has 1 fully saturated rings. The van der Waals surface area contributed by atoms with E-state index in [0.717, 1.165) is 31.9 Å². The predicted molar refractivity (Wildman–Crippen MR) is 101 cm³/mol. The van der Waals surface area contributed by atoms with Crippen molar-refractivity contribution in [3.05, 3.63) is 54.1 Å². The Balaban J connectivity index is 1.50. The number of hydrogen-bond acceptors (Lipinski definition) is 4. The molecule has 0 unspecified atom stereocenters. The fourth-order valence-electron chi connectivity index (χ4n) is 3.16. The molecule has 26 heavy (non-hydrogen) atoms. The molecule has 0 atom stereocenters. The van der Waals surface area contributed by atoms with E-state index in [-0.39, 0.29) is 5.91 Å². The van der Waals surface area contributed by atoms with Crippen molar-refractivity contribution in [1.29, 1.82) is 5.26 Å². The van der Waals surface area contributed by atoms with E-state index in [0.29, 0.717) is 17.8 Å². The minimum absolute atomic E-state index is 0.0550. The Hall–Kier alpha value is -3.04. The van der Waals surface area contributed by atoms with Crippen LogP contribution < -0.4 is 19.9 Å². The molecule has 2 N–H and O–H groups in total. The highest BCUT2D eigenvalue weighted by Crippen LogP contribution is 2.19. The first kappa shape index (κ1) is 17.8. The molecule has 1 aliphatic rings. The van der Waals surface area contributed by atoms with Crippen LogP contribution in [0.3, 0.4) is 0 Å². The topological polar surface area (TPSA) is 69.8 Å². The summed E-state index contributed by atoms with van der Waals surface area (Å²) in [4.78, 5) is 15.9. The number of rotatable bonds is 5. The second kappa shape index (κ2) is 8.37. The summed E-state index contributed by atoms with van der Waals surface area (Å²) < 4.78 is 5.20. The van der Waals surface area contributed by atoms with Crippen LogP contribution in [0.25, 0.3) is 0 Å². The van der Waals surface area contributed by atoms with E-state index in [2.05, 4.69) is 28.4 Å². The molecule has 2 aromatic rings. The molecule has 2 aromatic carbocycles. The van der Waals surface area contributed by atoms with Gasteiger partial charge in [-0.05, 0) is 36.4 Å². The van der Waals surface area contributed by atoms with Gasteiger partial charge in [0, 0.05) is 5.69 Å². The highest BCUT2D eigenvalue weighted by Gasteiger charge is 2.22. The number of piperazine rings is 1. The SMILES string of the molecule is COc1ccc(N2CC[NH+](CC(=O)Nc3ccccc3C#N)CC2)cc1. The van der Waals surface area contributed by atoms with Crippen molar-refractivity contribution >= 4 is 17.3 Å². The van der Waals surface area contributed by atoms with Gasteiger partial charge in [0.15, 0.2) is 6.54 Å². The second-order valence-corrected chi connectivity index (χ2v) is 6.32. The van der Waals surface area contributed by atoms with Crippen LogP contribution in [0.1, 0.15) is 5.56 Å². The number of para-hydroxylation sites is 1. The summed E-state index contributed by atoms with van der Waals surface area (Å²) in [5.74, 6) is 0.799. The number of methoxy groups -OCH3 is 1. The third-order valence-electron chi connectivity index (χ3n) is 4.64. The Morgan fingerprint density at radius 2 is 1.88 bits per heavy atom. The number of nitriles is 1. The van der Waals surface area contributed by atoms with Crippen LogP contribution in [-0.2, 0) is 4.79 Å². The van der Waals surface area contributed by atoms with Gasteiger partial charge < -0.3 is 19.9 Å². The van der Waals surface area contributed by atoms with Crippen LogP contribution in [0, 0.1) is 11.3 Å². The molecule has 1 amide bonds. The lowest BCUT2D eigenvalue weighted by molar-refractivity contribution is -0.892. The van der Waals surface area contributed by atoms with Crippen molar-refractivity contribution in [3.63, 3.8) is 0 Å². The van der Waals surface area contributed by atoms with Gasteiger partial charge in [-0.1, -0.05) is 12.1 Å². The molecule has 3 rings (SSSR count). The van der Waals surface area contributed by atoms with Crippen molar-refractivity contribution in [2.75, 3.05) is 50.1 Å². The van der Waals surface area contributed by atoms with Crippen LogP contribution in [0.4, 0.5) is 11.4 Å². The van der Waals surface area contributed by atoms with Gasteiger partial charge in [0.2, 0.25) is 0 Å². The number of carbonyl (C=O) groups is 1. The zero-order valence-corrected chi connectivity index (χ0v) is 14.9. The van der Waals surface area contributed by atoms with Gasteiger partial charge in [0.1, 0.15) is 11.8 Å². The third-order valence-corrected chi connectivity index (χ3v) is 4.64. The molecule has 0 spiro atoms. The molecular formula is C20H23N4O2+. The Labute approximate surface area is 153 Å². The number of nitrogens with zero attached hydrogens (tertiary/aromatic N) is 2. The van der Waals surface area contributed by atoms with E-state index >= 15 is 0 Å². The zero-order valence-electron chi connectivity index (χ0n) is 14.9. The number of amides is 1. The van der Waals surface area contributed by atoms with E-state index in [1.165, 1.54) is 10.6 Å². The summed E-state index contributed by atoms with van der Waals surface area (Å²) in [5, 5.41) is 12.0. The van der Waals surface area contributed by atoms with Crippen LogP contribution in [-0.4, -0.2) is 45.7 Å². The van der Waals surface area contributed by atoms with E-state index in [1.807, 2.05) is 18.2 Å². The van der Waals surface area contributed by atoms with E-state index in [1.54, 1.807) is 25.3 Å². The average Bonchev–Trinajstić information content (AvgIpc) is 2.69. The van der Waals surface area contributed by atoms with Gasteiger partial charge in [0.25, 0.3) is 5.91 Å². The maximum atomic E-state index is 12.3. The first-order valence-corrected chi connectivity index (χ1v) is 8.71. The molecule has 0 aliphatic carbocycles. The first-order valence-electron chi connectivity index (χ1n) is 8.71. The monoisotopic (exact) mass is 351 g/mol. The smallest absolute Gasteiger partial charge is 0.279 e. The quantitative estimate of drug-likeness (QED) is 0.840. The molecule has 0 radical (unpaired) electrons. The van der Waals surface area contributed by atoms with E-state index in [4.69, 9.17) is 10.00 Å². The van der Waals surface area contributed by atoms with Crippen LogP contribution in [0.2, 0.25) is 0 Å². The Bertz CT molecular complexity index is 790. The summed E-state index contributed by atoms with van der Waals surface area (Å²) in [7, 11) is 1.66. The molecular weight excluding hydrogens is 328 g/mol. The number of hydrogen-bond donors (Lipinski definition) is 2. The van der Waals surface area contributed by atoms with Crippen molar-refractivity contribution in [1.82, 2.24) is 0 Å². The van der Waals surface area contributed by atoms with Crippen molar-refractivity contribution in [2.45, 2.75) is 0 Å². The van der Waals surface area contributed by atoms with Gasteiger partial charge >= 0.3 is 0 Å².